The summed E-state index contributed by atoms with van der Waals surface area (Å²) >= 11 is 0. The van der Waals surface area contributed by atoms with Gasteiger partial charge in [0.05, 0.1) is 6.10 Å². The van der Waals surface area contributed by atoms with Gasteiger partial charge in [0.2, 0.25) is 0 Å². The molecule has 0 aliphatic heterocycles. The van der Waals surface area contributed by atoms with Gasteiger partial charge < -0.3 is 5.11 Å². The minimum absolute atomic E-state index is 0.236. The van der Waals surface area contributed by atoms with Crippen LogP contribution < -0.4 is 10.4 Å². The highest BCUT2D eigenvalue weighted by Gasteiger charge is 2.10. The molecular weight excluding hydrogens is 148 g/mol. The van der Waals surface area contributed by atoms with Gasteiger partial charge in [0, 0.05) is 5.92 Å². The summed E-state index contributed by atoms with van der Waals surface area (Å²) in [5.41, 5.74) is 0. The third kappa shape index (κ3) is 1.16. The lowest BCUT2D eigenvalue weighted by atomic mass is 9.97. The van der Waals surface area contributed by atoms with Crippen LogP contribution >= 0.6 is 0 Å². The topological polar surface area (TPSA) is 20.2 Å². The molecule has 0 radical (unpaired) electrons. The predicted octanol–water partition coefficient (Wildman–Crippen LogP) is 0.258. The summed E-state index contributed by atoms with van der Waals surface area (Å²) in [6, 6.07) is 8.12. The molecule has 0 amide bonds. The molecule has 12 heavy (non-hydrogen) atoms. The Bertz CT molecular complexity index is 353. The Balaban J connectivity index is 2.70. The minimum atomic E-state index is -0.320. The maximum Gasteiger partial charge on any atom is 0.0790 e. The van der Waals surface area contributed by atoms with Gasteiger partial charge in [0.25, 0.3) is 0 Å². The van der Waals surface area contributed by atoms with Crippen LogP contribution in [0.5, 0.6) is 0 Å². The molecule has 1 aromatic carbocycles. The van der Waals surface area contributed by atoms with Crippen molar-refractivity contribution >= 4 is 12.2 Å². The van der Waals surface area contributed by atoms with E-state index in [1.165, 1.54) is 5.22 Å². The van der Waals surface area contributed by atoms with E-state index in [1.807, 2.05) is 31.2 Å². The molecule has 0 saturated carbocycles. The van der Waals surface area contributed by atoms with Crippen LogP contribution in [0.3, 0.4) is 0 Å². The van der Waals surface area contributed by atoms with Gasteiger partial charge in [-0.1, -0.05) is 37.3 Å². The number of aliphatic hydroxyl groups excluding tert-OH is 1. The highest BCUT2D eigenvalue weighted by atomic mass is 16.3. The van der Waals surface area contributed by atoms with E-state index < -0.39 is 0 Å². The first-order chi connectivity index (χ1) is 5.77. The second-order valence-electron chi connectivity index (χ2n) is 3.31. The van der Waals surface area contributed by atoms with Crippen molar-refractivity contribution in [2.24, 2.45) is 5.92 Å². The zero-order chi connectivity index (χ0) is 8.55. The van der Waals surface area contributed by atoms with Gasteiger partial charge in [0.1, 0.15) is 0 Å². The SMILES string of the molecule is CC1C=c2ccccc2=CC1O. The van der Waals surface area contributed by atoms with Gasteiger partial charge in [-0.25, -0.2) is 0 Å². The Morgan fingerprint density at radius 1 is 1.08 bits per heavy atom. The van der Waals surface area contributed by atoms with Crippen molar-refractivity contribution in [1.29, 1.82) is 0 Å². The van der Waals surface area contributed by atoms with Crippen molar-refractivity contribution in [1.82, 2.24) is 0 Å². The predicted molar refractivity (Wildman–Crippen MR) is 49.8 cm³/mol. The summed E-state index contributed by atoms with van der Waals surface area (Å²) in [6.45, 7) is 2.02. The van der Waals surface area contributed by atoms with Crippen molar-refractivity contribution in [2.45, 2.75) is 13.0 Å². The Morgan fingerprint density at radius 3 is 2.33 bits per heavy atom. The molecule has 0 aromatic heterocycles. The van der Waals surface area contributed by atoms with Gasteiger partial charge in [-0.3, -0.25) is 0 Å². The number of aliphatic hydroxyl groups is 1. The fraction of sp³-hybridized carbons (Fsp3) is 0.273. The van der Waals surface area contributed by atoms with Crippen LogP contribution in [0.15, 0.2) is 24.3 Å². The summed E-state index contributed by atoms with van der Waals surface area (Å²) in [5.74, 6) is 0.236. The molecule has 1 N–H and O–H groups in total. The first kappa shape index (κ1) is 7.56. The average molecular weight is 160 g/mol. The van der Waals surface area contributed by atoms with E-state index in [2.05, 4.69) is 12.1 Å². The molecule has 1 aliphatic carbocycles. The molecule has 1 aromatic rings. The van der Waals surface area contributed by atoms with Gasteiger partial charge in [-0.2, -0.15) is 0 Å². The van der Waals surface area contributed by atoms with Gasteiger partial charge in [-0.15, -0.1) is 0 Å². The molecule has 2 atom stereocenters. The third-order valence-electron chi connectivity index (χ3n) is 2.33. The zero-order valence-corrected chi connectivity index (χ0v) is 7.07. The van der Waals surface area contributed by atoms with Crippen LogP contribution in [-0.4, -0.2) is 11.2 Å². The quantitative estimate of drug-likeness (QED) is 0.577. The zero-order valence-electron chi connectivity index (χ0n) is 7.07. The van der Waals surface area contributed by atoms with E-state index >= 15 is 0 Å². The third-order valence-corrected chi connectivity index (χ3v) is 2.33. The highest BCUT2D eigenvalue weighted by molar-refractivity contribution is 5.43. The lowest BCUT2D eigenvalue weighted by molar-refractivity contribution is 0.205. The highest BCUT2D eigenvalue weighted by Crippen LogP contribution is 2.07. The van der Waals surface area contributed by atoms with Crippen molar-refractivity contribution in [3.63, 3.8) is 0 Å². The molecule has 1 aliphatic rings. The normalized spacial score (nSPS) is 26.8. The molecule has 0 heterocycles. The molecule has 1 nitrogen and oxygen atoms in total. The maximum atomic E-state index is 9.54. The van der Waals surface area contributed by atoms with Crippen molar-refractivity contribution in [3.8, 4) is 0 Å². The Morgan fingerprint density at radius 2 is 1.67 bits per heavy atom. The molecule has 0 fully saturated rings. The number of hydrogen-bond donors (Lipinski definition) is 1. The van der Waals surface area contributed by atoms with E-state index in [1.54, 1.807) is 0 Å². The molecular formula is C11H12O. The van der Waals surface area contributed by atoms with E-state index in [-0.39, 0.29) is 12.0 Å². The van der Waals surface area contributed by atoms with E-state index in [4.69, 9.17) is 0 Å². The first-order valence-corrected chi connectivity index (χ1v) is 4.24. The van der Waals surface area contributed by atoms with Crippen LogP contribution in [0, 0.1) is 5.92 Å². The van der Waals surface area contributed by atoms with Crippen LogP contribution in [0.1, 0.15) is 6.92 Å². The molecule has 0 saturated heterocycles. The summed E-state index contributed by atoms with van der Waals surface area (Å²) in [5, 5.41) is 11.9. The standard InChI is InChI=1S/C11H12O/c1-8-6-9-4-2-3-5-10(9)7-11(8)12/h2-8,11-12H,1H3. The number of benzene rings is 1. The maximum absolute atomic E-state index is 9.54. The smallest absolute Gasteiger partial charge is 0.0790 e. The van der Waals surface area contributed by atoms with Gasteiger partial charge in [-0.05, 0) is 16.5 Å². The van der Waals surface area contributed by atoms with Gasteiger partial charge >= 0.3 is 0 Å². The largest absolute Gasteiger partial charge is 0.388 e. The molecule has 0 bridgehead atoms. The average Bonchev–Trinajstić information content (AvgIpc) is 2.07. The second kappa shape index (κ2) is 2.76. The second-order valence-corrected chi connectivity index (χ2v) is 3.31. The van der Waals surface area contributed by atoms with E-state index in [0.29, 0.717) is 0 Å². The fourth-order valence-corrected chi connectivity index (χ4v) is 1.53. The van der Waals surface area contributed by atoms with Crippen LogP contribution in [-0.2, 0) is 0 Å². The Labute approximate surface area is 71.7 Å². The van der Waals surface area contributed by atoms with Crippen LogP contribution in [0.4, 0.5) is 0 Å². The van der Waals surface area contributed by atoms with Crippen LogP contribution in [0.2, 0.25) is 0 Å². The molecule has 0 spiro atoms. The number of fused-ring (bicyclic) bond motifs is 1. The minimum Gasteiger partial charge on any atom is -0.388 e. The number of hydrogen-bond acceptors (Lipinski definition) is 1. The molecule has 2 rings (SSSR count). The van der Waals surface area contributed by atoms with Crippen molar-refractivity contribution in [3.05, 3.63) is 34.7 Å². The summed E-state index contributed by atoms with van der Waals surface area (Å²) in [4.78, 5) is 0. The van der Waals surface area contributed by atoms with Crippen molar-refractivity contribution in [2.75, 3.05) is 0 Å². The summed E-state index contributed by atoms with van der Waals surface area (Å²) in [7, 11) is 0. The summed E-state index contributed by atoms with van der Waals surface area (Å²) in [6.07, 6.45) is 3.71. The van der Waals surface area contributed by atoms with Gasteiger partial charge in [0.15, 0.2) is 0 Å². The van der Waals surface area contributed by atoms with Crippen LogP contribution in [0.25, 0.3) is 12.2 Å². The monoisotopic (exact) mass is 160 g/mol. The van der Waals surface area contributed by atoms with E-state index in [0.717, 1.165) is 5.22 Å². The first-order valence-electron chi connectivity index (χ1n) is 4.24. The fourth-order valence-electron chi connectivity index (χ4n) is 1.53. The Hall–Kier alpha value is -1.08. The lowest BCUT2D eigenvalue weighted by Gasteiger charge is -2.14. The van der Waals surface area contributed by atoms with E-state index in [9.17, 15) is 5.11 Å². The summed E-state index contributed by atoms with van der Waals surface area (Å²) < 4.78 is 0. The number of rotatable bonds is 0. The Kier molecular flexibility index (Phi) is 1.74. The van der Waals surface area contributed by atoms with Crippen molar-refractivity contribution < 1.29 is 5.11 Å². The molecule has 1 heteroatoms. The molecule has 2 unspecified atom stereocenters. The lowest BCUT2D eigenvalue weighted by Crippen LogP contribution is -2.33. The molecule has 62 valence electrons.